The Morgan fingerprint density at radius 3 is 2.76 bits per heavy atom. The molecule has 5 nitrogen and oxygen atoms in total. The standard InChI is InChI=1S/C25H28F3N5/c1-18-5-4-10-33(16-18)17-20-13-23(25(26,27)28)24(30-14-20)15-29-21-7-2-6-19(11-21)12-22-8-3-9-31-32-22/h2-3,6-9,11,13-14,18,29H,4-5,10,12,15-17H2,1H3/t18-/m0/s1. The summed E-state index contributed by atoms with van der Waals surface area (Å²) in [5.74, 6) is 0.571. The van der Waals surface area contributed by atoms with E-state index in [4.69, 9.17) is 0 Å². The van der Waals surface area contributed by atoms with E-state index in [9.17, 15) is 13.2 Å². The summed E-state index contributed by atoms with van der Waals surface area (Å²) < 4.78 is 41.4. The number of hydrogen-bond donors (Lipinski definition) is 1. The molecule has 33 heavy (non-hydrogen) atoms. The quantitative estimate of drug-likeness (QED) is 0.522. The zero-order valence-electron chi connectivity index (χ0n) is 18.6. The van der Waals surface area contributed by atoms with E-state index in [0.717, 1.165) is 36.5 Å². The molecule has 1 aliphatic heterocycles. The van der Waals surface area contributed by atoms with Gasteiger partial charge in [0.25, 0.3) is 0 Å². The van der Waals surface area contributed by atoms with Crippen LogP contribution in [0, 0.1) is 5.92 Å². The summed E-state index contributed by atoms with van der Waals surface area (Å²) in [6.45, 7) is 4.50. The van der Waals surface area contributed by atoms with Crippen molar-refractivity contribution in [3.8, 4) is 0 Å². The molecule has 8 heteroatoms. The van der Waals surface area contributed by atoms with Crippen molar-refractivity contribution in [2.75, 3.05) is 18.4 Å². The summed E-state index contributed by atoms with van der Waals surface area (Å²) in [4.78, 5) is 6.42. The number of piperidine rings is 1. The Morgan fingerprint density at radius 1 is 1.12 bits per heavy atom. The Morgan fingerprint density at radius 2 is 2.00 bits per heavy atom. The summed E-state index contributed by atoms with van der Waals surface area (Å²) in [7, 11) is 0. The van der Waals surface area contributed by atoms with E-state index in [1.54, 1.807) is 12.4 Å². The number of nitrogens with one attached hydrogen (secondary N) is 1. The molecule has 1 aliphatic rings. The highest BCUT2D eigenvalue weighted by atomic mass is 19.4. The molecule has 1 saturated heterocycles. The summed E-state index contributed by atoms with van der Waals surface area (Å²) in [5, 5.41) is 11.1. The lowest BCUT2D eigenvalue weighted by atomic mass is 9.99. The van der Waals surface area contributed by atoms with E-state index < -0.39 is 11.7 Å². The van der Waals surface area contributed by atoms with Crippen LogP contribution in [0.15, 0.2) is 54.9 Å². The van der Waals surface area contributed by atoms with E-state index in [1.165, 1.54) is 12.5 Å². The number of alkyl halides is 3. The number of nitrogens with zero attached hydrogens (tertiary/aromatic N) is 4. The van der Waals surface area contributed by atoms with Crippen LogP contribution in [-0.2, 0) is 25.7 Å². The van der Waals surface area contributed by atoms with Gasteiger partial charge < -0.3 is 5.32 Å². The van der Waals surface area contributed by atoms with Crippen molar-refractivity contribution in [3.63, 3.8) is 0 Å². The van der Waals surface area contributed by atoms with Crippen LogP contribution in [-0.4, -0.2) is 33.2 Å². The van der Waals surface area contributed by atoms with Gasteiger partial charge in [0.1, 0.15) is 0 Å². The zero-order valence-corrected chi connectivity index (χ0v) is 18.6. The minimum atomic E-state index is -4.46. The van der Waals surface area contributed by atoms with Gasteiger partial charge in [0.2, 0.25) is 0 Å². The van der Waals surface area contributed by atoms with E-state index in [2.05, 4.69) is 32.3 Å². The first-order chi connectivity index (χ1) is 15.9. The predicted molar refractivity (Wildman–Crippen MR) is 122 cm³/mol. The van der Waals surface area contributed by atoms with Gasteiger partial charge in [0.15, 0.2) is 0 Å². The highest BCUT2D eigenvalue weighted by Crippen LogP contribution is 2.32. The van der Waals surface area contributed by atoms with E-state index in [0.29, 0.717) is 24.4 Å². The van der Waals surface area contributed by atoms with Gasteiger partial charge >= 0.3 is 6.18 Å². The average Bonchev–Trinajstić information content (AvgIpc) is 2.78. The van der Waals surface area contributed by atoms with Gasteiger partial charge in [-0.05, 0) is 66.8 Å². The molecule has 174 valence electrons. The molecular weight excluding hydrogens is 427 g/mol. The molecule has 0 unspecified atom stereocenters. The molecule has 1 atom stereocenters. The van der Waals surface area contributed by atoms with Gasteiger partial charge in [-0.15, -0.1) is 0 Å². The highest BCUT2D eigenvalue weighted by Gasteiger charge is 2.34. The molecule has 0 spiro atoms. The highest BCUT2D eigenvalue weighted by molar-refractivity contribution is 5.47. The molecule has 3 aromatic rings. The van der Waals surface area contributed by atoms with Crippen LogP contribution < -0.4 is 5.32 Å². The topological polar surface area (TPSA) is 53.9 Å². The van der Waals surface area contributed by atoms with Crippen molar-refractivity contribution in [2.45, 2.75) is 45.5 Å². The Kier molecular flexibility index (Phi) is 7.23. The van der Waals surface area contributed by atoms with Crippen molar-refractivity contribution in [1.29, 1.82) is 0 Å². The first-order valence-electron chi connectivity index (χ1n) is 11.2. The third-order valence-corrected chi connectivity index (χ3v) is 5.88. The third-order valence-electron chi connectivity index (χ3n) is 5.88. The Labute approximate surface area is 192 Å². The normalized spacial score (nSPS) is 17.2. The lowest BCUT2D eigenvalue weighted by Gasteiger charge is -2.31. The van der Waals surface area contributed by atoms with Crippen LogP contribution in [0.4, 0.5) is 18.9 Å². The number of anilines is 1. The fourth-order valence-electron chi connectivity index (χ4n) is 4.31. The van der Waals surface area contributed by atoms with E-state index in [-0.39, 0.29) is 12.2 Å². The minimum Gasteiger partial charge on any atom is -0.379 e. The second-order valence-corrected chi connectivity index (χ2v) is 8.76. The molecule has 1 fully saturated rings. The molecular formula is C25H28F3N5. The molecule has 2 aromatic heterocycles. The van der Waals surface area contributed by atoms with E-state index in [1.807, 2.05) is 36.4 Å². The van der Waals surface area contributed by atoms with Gasteiger partial charge in [-0.1, -0.05) is 19.1 Å². The van der Waals surface area contributed by atoms with Crippen LogP contribution in [0.2, 0.25) is 0 Å². The lowest BCUT2D eigenvalue weighted by molar-refractivity contribution is -0.138. The van der Waals surface area contributed by atoms with Crippen molar-refractivity contribution in [3.05, 3.63) is 82.9 Å². The van der Waals surface area contributed by atoms with Gasteiger partial charge in [-0.3, -0.25) is 9.88 Å². The lowest BCUT2D eigenvalue weighted by Crippen LogP contribution is -2.33. The SMILES string of the molecule is C[C@H]1CCCN(Cc2cnc(CNc3cccc(Cc4cccnn4)c3)c(C(F)(F)F)c2)C1. The largest absolute Gasteiger partial charge is 0.418 e. The maximum atomic E-state index is 13.8. The zero-order chi connectivity index (χ0) is 23.3. The second-order valence-electron chi connectivity index (χ2n) is 8.76. The summed E-state index contributed by atoms with van der Waals surface area (Å²) in [6.07, 6.45) is 1.59. The third kappa shape index (κ3) is 6.51. The molecule has 0 radical (unpaired) electrons. The van der Waals surface area contributed by atoms with Crippen molar-refractivity contribution >= 4 is 5.69 Å². The maximum absolute atomic E-state index is 13.8. The van der Waals surface area contributed by atoms with E-state index >= 15 is 0 Å². The number of likely N-dealkylation sites (tertiary alicyclic amines) is 1. The van der Waals surface area contributed by atoms with Gasteiger partial charge in [0.05, 0.1) is 23.5 Å². The molecule has 0 bridgehead atoms. The number of pyridine rings is 1. The fraction of sp³-hybridized carbons (Fsp3) is 0.400. The van der Waals surface area contributed by atoms with Crippen molar-refractivity contribution in [1.82, 2.24) is 20.1 Å². The second kappa shape index (κ2) is 10.3. The molecule has 0 aliphatic carbocycles. The summed E-state index contributed by atoms with van der Waals surface area (Å²) in [5.41, 5.74) is 2.49. The van der Waals surface area contributed by atoms with Crippen LogP contribution in [0.3, 0.4) is 0 Å². The van der Waals surface area contributed by atoms with Crippen LogP contribution >= 0.6 is 0 Å². The van der Waals surface area contributed by atoms with Crippen LogP contribution in [0.25, 0.3) is 0 Å². The molecule has 3 heterocycles. The van der Waals surface area contributed by atoms with Crippen LogP contribution in [0.1, 0.15) is 47.8 Å². The molecule has 1 aromatic carbocycles. The van der Waals surface area contributed by atoms with Crippen molar-refractivity contribution < 1.29 is 13.2 Å². The number of benzene rings is 1. The van der Waals surface area contributed by atoms with Gasteiger partial charge in [-0.2, -0.15) is 23.4 Å². The molecule has 1 N–H and O–H groups in total. The summed E-state index contributed by atoms with van der Waals surface area (Å²) >= 11 is 0. The monoisotopic (exact) mass is 455 g/mol. The first kappa shape index (κ1) is 23.2. The summed E-state index contributed by atoms with van der Waals surface area (Å²) in [6, 6.07) is 12.5. The Bertz CT molecular complexity index is 1060. The smallest absolute Gasteiger partial charge is 0.379 e. The van der Waals surface area contributed by atoms with Crippen molar-refractivity contribution in [2.24, 2.45) is 5.92 Å². The predicted octanol–water partition coefficient (Wildman–Crippen LogP) is 5.33. The Balaban J connectivity index is 1.45. The van der Waals surface area contributed by atoms with Crippen LogP contribution in [0.5, 0.6) is 0 Å². The number of rotatable bonds is 7. The minimum absolute atomic E-state index is 0.00223. The fourth-order valence-corrected chi connectivity index (χ4v) is 4.31. The Hall–Kier alpha value is -3.00. The number of aromatic nitrogens is 3. The first-order valence-corrected chi connectivity index (χ1v) is 11.2. The number of hydrogen-bond acceptors (Lipinski definition) is 5. The average molecular weight is 456 g/mol. The molecule has 0 saturated carbocycles. The van der Waals surface area contributed by atoms with Gasteiger partial charge in [0, 0.05) is 37.6 Å². The maximum Gasteiger partial charge on any atom is 0.418 e. The molecule has 4 rings (SSSR count). The molecule has 0 amide bonds. The van der Waals surface area contributed by atoms with Gasteiger partial charge in [-0.25, -0.2) is 0 Å². The number of halogens is 3.